The number of hydrogen-bond acceptors (Lipinski definition) is 5. The normalized spacial score (nSPS) is 13.2. The Morgan fingerprint density at radius 1 is 1.13 bits per heavy atom. The fraction of sp³-hybridized carbons (Fsp3) is 0.556. The lowest BCUT2D eigenvalue weighted by atomic mass is 10.00. The van der Waals surface area contributed by atoms with Crippen molar-refractivity contribution in [1.29, 1.82) is 0 Å². The van der Waals surface area contributed by atoms with Gasteiger partial charge in [0, 0.05) is 6.92 Å². The molecule has 1 aromatic rings. The Morgan fingerprint density at radius 2 is 1.78 bits per heavy atom. The molecule has 5 heteroatoms. The van der Waals surface area contributed by atoms with Crippen LogP contribution in [0, 0.1) is 0 Å². The van der Waals surface area contributed by atoms with Gasteiger partial charge in [-0.3, -0.25) is 4.79 Å². The number of carbonyl (C=O) groups is 2. The highest BCUT2D eigenvalue weighted by Crippen LogP contribution is 2.19. The number of ether oxygens (including phenoxy) is 2. The molecule has 23 heavy (non-hydrogen) atoms. The second-order valence-corrected chi connectivity index (χ2v) is 5.76. The Morgan fingerprint density at radius 3 is 2.39 bits per heavy atom. The van der Waals surface area contributed by atoms with Gasteiger partial charge < -0.3 is 14.8 Å². The maximum Gasteiger partial charge on any atom is 0.350 e. The molecule has 5 nitrogen and oxygen atoms in total. The minimum atomic E-state index is -1.20. The number of carbonyl (C=O) groups excluding carboxylic acids is 2. The Labute approximate surface area is 138 Å². The van der Waals surface area contributed by atoms with Crippen LogP contribution < -0.4 is 5.32 Å². The van der Waals surface area contributed by atoms with Gasteiger partial charge >= 0.3 is 11.9 Å². The predicted octanol–water partition coefficient (Wildman–Crippen LogP) is 2.48. The van der Waals surface area contributed by atoms with Gasteiger partial charge in [-0.1, -0.05) is 30.3 Å². The van der Waals surface area contributed by atoms with E-state index in [9.17, 15) is 9.59 Å². The molecule has 0 spiro atoms. The van der Waals surface area contributed by atoms with Gasteiger partial charge in [0.2, 0.25) is 5.60 Å². The molecule has 1 atom stereocenters. The Bertz CT molecular complexity index is 489. The van der Waals surface area contributed by atoms with Crippen molar-refractivity contribution in [3.63, 3.8) is 0 Å². The van der Waals surface area contributed by atoms with E-state index in [-0.39, 0.29) is 0 Å². The topological polar surface area (TPSA) is 64.6 Å². The first kappa shape index (κ1) is 19.2. The molecule has 0 aliphatic rings. The molecule has 0 aromatic heterocycles. The molecule has 0 saturated carbocycles. The summed E-state index contributed by atoms with van der Waals surface area (Å²) in [6.07, 6.45) is 3.26. The highest BCUT2D eigenvalue weighted by atomic mass is 16.6. The summed E-state index contributed by atoms with van der Waals surface area (Å²) in [5, 5.41) is 3.35. The number of benzene rings is 1. The SMILES string of the molecule is COC(=O)C(C)(CCCNCCCc1ccccc1)OC(C)=O. The monoisotopic (exact) mass is 321 g/mol. The number of hydrogen-bond donors (Lipinski definition) is 1. The number of nitrogens with one attached hydrogen (secondary N) is 1. The molecule has 0 aliphatic carbocycles. The summed E-state index contributed by atoms with van der Waals surface area (Å²) in [5.41, 5.74) is 0.133. The molecular formula is C18H27NO4. The standard InChI is InChI=1S/C18H27NO4/c1-15(20)23-18(2,17(21)22-3)12-8-14-19-13-7-11-16-9-5-4-6-10-16/h4-6,9-10,19H,7-8,11-14H2,1-3H3. The molecule has 0 fully saturated rings. The van der Waals surface area contributed by atoms with Crippen LogP contribution in [0.5, 0.6) is 0 Å². The fourth-order valence-corrected chi connectivity index (χ4v) is 2.47. The first-order valence-electron chi connectivity index (χ1n) is 8.00. The molecule has 0 amide bonds. The van der Waals surface area contributed by atoms with Crippen LogP contribution in [0.25, 0.3) is 0 Å². The summed E-state index contributed by atoms with van der Waals surface area (Å²) in [6.45, 7) is 4.57. The van der Waals surface area contributed by atoms with E-state index in [0.717, 1.165) is 32.4 Å². The van der Waals surface area contributed by atoms with E-state index in [1.54, 1.807) is 6.92 Å². The van der Waals surface area contributed by atoms with Crippen LogP contribution in [0.2, 0.25) is 0 Å². The average Bonchev–Trinajstić information content (AvgIpc) is 2.53. The molecular weight excluding hydrogens is 294 g/mol. The third-order valence-corrected chi connectivity index (χ3v) is 3.66. The molecule has 1 N–H and O–H groups in total. The van der Waals surface area contributed by atoms with Crippen molar-refractivity contribution >= 4 is 11.9 Å². The zero-order valence-corrected chi connectivity index (χ0v) is 14.3. The van der Waals surface area contributed by atoms with E-state index in [2.05, 4.69) is 17.4 Å². The first-order chi connectivity index (χ1) is 11.0. The lowest BCUT2D eigenvalue weighted by Crippen LogP contribution is -2.41. The quantitative estimate of drug-likeness (QED) is 0.530. The Kier molecular flexibility index (Phi) is 8.33. The van der Waals surface area contributed by atoms with Crippen LogP contribution in [0.15, 0.2) is 30.3 Å². The van der Waals surface area contributed by atoms with Gasteiger partial charge in [-0.05, 0) is 51.3 Å². The molecule has 1 unspecified atom stereocenters. The van der Waals surface area contributed by atoms with Crippen LogP contribution >= 0.6 is 0 Å². The Balaban J connectivity index is 2.21. The smallest absolute Gasteiger partial charge is 0.350 e. The van der Waals surface area contributed by atoms with E-state index in [1.807, 2.05) is 18.2 Å². The number of aryl methyl sites for hydroxylation is 1. The summed E-state index contributed by atoms with van der Waals surface area (Å²) >= 11 is 0. The second kappa shape index (κ2) is 10.0. The fourth-order valence-electron chi connectivity index (χ4n) is 2.47. The molecule has 1 aromatic carbocycles. The minimum Gasteiger partial charge on any atom is -0.466 e. The highest BCUT2D eigenvalue weighted by Gasteiger charge is 2.37. The van der Waals surface area contributed by atoms with E-state index >= 15 is 0 Å². The summed E-state index contributed by atoms with van der Waals surface area (Å²) < 4.78 is 9.86. The molecule has 0 bridgehead atoms. The van der Waals surface area contributed by atoms with E-state index < -0.39 is 17.5 Å². The van der Waals surface area contributed by atoms with Crippen molar-refractivity contribution in [2.45, 2.75) is 45.1 Å². The zero-order chi connectivity index (χ0) is 17.1. The average molecular weight is 321 g/mol. The van der Waals surface area contributed by atoms with Crippen molar-refractivity contribution in [2.75, 3.05) is 20.2 Å². The molecule has 0 aliphatic heterocycles. The van der Waals surface area contributed by atoms with Crippen LogP contribution in [0.4, 0.5) is 0 Å². The third-order valence-electron chi connectivity index (χ3n) is 3.66. The highest BCUT2D eigenvalue weighted by molar-refractivity contribution is 5.82. The van der Waals surface area contributed by atoms with Crippen molar-refractivity contribution < 1.29 is 19.1 Å². The van der Waals surface area contributed by atoms with Crippen LogP contribution in [-0.4, -0.2) is 37.7 Å². The lowest BCUT2D eigenvalue weighted by Gasteiger charge is -2.26. The lowest BCUT2D eigenvalue weighted by molar-refractivity contribution is -0.178. The van der Waals surface area contributed by atoms with Gasteiger partial charge in [-0.2, -0.15) is 0 Å². The van der Waals surface area contributed by atoms with E-state index in [4.69, 9.17) is 9.47 Å². The summed E-state index contributed by atoms with van der Waals surface area (Å²) in [5.74, 6) is -0.995. The summed E-state index contributed by atoms with van der Waals surface area (Å²) in [6, 6.07) is 10.4. The maximum atomic E-state index is 11.8. The molecule has 0 radical (unpaired) electrons. The predicted molar refractivity (Wildman–Crippen MR) is 89.1 cm³/mol. The van der Waals surface area contributed by atoms with Crippen molar-refractivity contribution in [3.05, 3.63) is 35.9 Å². The van der Waals surface area contributed by atoms with Crippen molar-refractivity contribution in [2.24, 2.45) is 0 Å². The molecule has 0 saturated heterocycles. The van der Waals surface area contributed by atoms with Gasteiger partial charge in [0.15, 0.2) is 0 Å². The van der Waals surface area contributed by atoms with Gasteiger partial charge in [0.05, 0.1) is 7.11 Å². The Hall–Kier alpha value is -1.88. The number of rotatable bonds is 10. The van der Waals surface area contributed by atoms with Gasteiger partial charge in [0.1, 0.15) is 0 Å². The number of esters is 2. The van der Waals surface area contributed by atoms with Crippen molar-refractivity contribution in [1.82, 2.24) is 5.32 Å². The summed E-state index contributed by atoms with van der Waals surface area (Å²) in [7, 11) is 1.30. The zero-order valence-electron chi connectivity index (χ0n) is 14.3. The van der Waals surface area contributed by atoms with Crippen LogP contribution in [-0.2, 0) is 25.5 Å². The van der Waals surface area contributed by atoms with Crippen molar-refractivity contribution in [3.8, 4) is 0 Å². The summed E-state index contributed by atoms with van der Waals surface area (Å²) in [4.78, 5) is 22.9. The second-order valence-electron chi connectivity index (χ2n) is 5.76. The van der Waals surface area contributed by atoms with Gasteiger partial charge in [0.25, 0.3) is 0 Å². The van der Waals surface area contributed by atoms with E-state index in [0.29, 0.717) is 6.42 Å². The maximum absolute atomic E-state index is 11.8. The number of methoxy groups -OCH3 is 1. The first-order valence-corrected chi connectivity index (χ1v) is 8.00. The van der Waals surface area contributed by atoms with Gasteiger partial charge in [-0.15, -0.1) is 0 Å². The van der Waals surface area contributed by atoms with Crippen LogP contribution in [0.1, 0.15) is 38.7 Å². The van der Waals surface area contributed by atoms with Gasteiger partial charge in [-0.25, -0.2) is 4.79 Å². The molecule has 128 valence electrons. The third kappa shape index (κ3) is 7.28. The molecule has 0 heterocycles. The minimum absolute atomic E-state index is 0.435. The largest absolute Gasteiger partial charge is 0.466 e. The molecule has 1 rings (SSSR count). The van der Waals surface area contributed by atoms with Crippen LogP contribution in [0.3, 0.4) is 0 Å². The van der Waals surface area contributed by atoms with E-state index in [1.165, 1.54) is 19.6 Å².